The van der Waals surface area contributed by atoms with E-state index >= 15 is 0 Å². The summed E-state index contributed by atoms with van der Waals surface area (Å²) >= 11 is 0. The van der Waals surface area contributed by atoms with Gasteiger partial charge in [-0.15, -0.1) is 0 Å². The number of nitrogens with zero attached hydrogens (tertiary/aromatic N) is 1. The van der Waals surface area contributed by atoms with Crippen molar-refractivity contribution in [3.8, 4) is 0 Å². The Hall–Kier alpha value is -2.03. The van der Waals surface area contributed by atoms with Crippen LogP contribution < -0.4 is 10.6 Å². The second kappa shape index (κ2) is 5.74. The Balaban J connectivity index is 2.26. The molecule has 19 heavy (non-hydrogen) atoms. The monoisotopic (exact) mass is 258 g/mol. The first-order valence-electron chi connectivity index (χ1n) is 6.46. The van der Waals surface area contributed by atoms with Gasteiger partial charge in [-0.1, -0.05) is 23.8 Å². The van der Waals surface area contributed by atoms with Gasteiger partial charge < -0.3 is 10.6 Å². The van der Waals surface area contributed by atoms with Crippen molar-refractivity contribution in [1.29, 1.82) is 0 Å². The zero-order valence-electron chi connectivity index (χ0n) is 11.4. The summed E-state index contributed by atoms with van der Waals surface area (Å²) < 4.78 is 13.8. The summed E-state index contributed by atoms with van der Waals surface area (Å²) in [5, 5.41) is 0. The molecule has 0 aromatic heterocycles. The minimum absolute atomic E-state index is 0.245. The van der Waals surface area contributed by atoms with E-state index in [1.165, 1.54) is 11.6 Å². The van der Waals surface area contributed by atoms with Gasteiger partial charge in [-0.25, -0.2) is 4.39 Å². The number of aryl methyl sites for hydroxylation is 1. The molecule has 100 valence electrons. The third kappa shape index (κ3) is 3.05. The van der Waals surface area contributed by atoms with Crippen LogP contribution in [0, 0.1) is 12.7 Å². The molecule has 0 fully saturated rings. The molecule has 0 bridgehead atoms. The van der Waals surface area contributed by atoms with Gasteiger partial charge in [0.1, 0.15) is 5.82 Å². The third-order valence-electron chi connectivity index (χ3n) is 3.28. The molecule has 2 aromatic rings. The quantitative estimate of drug-likeness (QED) is 0.846. The van der Waals surface area contributed by atoms with Crippen LogP contribution in [0.5, 0.6) is 0 Å². The molecule has 0 atom stereocenters. The molecule has 0 saturated carbocycles. The number of anilines is 2. The fraction of sp³-hybridized carbons (Fsp3) is 0.250. The van der Waals surface area contributed by atoms with Crippen LogP contribution in [0.4, 0.5) is 15.8 Å². The van der Waals surface area contributed by atoms with E-state index in [0.29, 0.717) is 17.8 Å². The first kappa shape index (κ1) is 13.4. The molecular weight excluding hydrogens is 239 g/mol. The summed E-state index contributed by atoms with van der Waals surface area (Å²) in [6.45, 7) is 5.39. The first-order valence-corrected chi connectivity index (χ1v) is 6.46. The molecule has 0 spiro atoms. The molecule has 0 heterocycles. The van der Waals surface area contributed by atoms with E-state index in [1.807, 2.05) is 0 Å². The summed E-state index contributed by atoms with van der Waals surface area (Å²) in [6.07, 6.45) is 0. The van der Waals surface area contributed by atoms with Crippen LogP contribution in [-0.2, 0) is 6.54 Å². The molecular formula is C16H19FN2. The molecule has 0 aliphatic rings. The number of benzene rings is 2. The van der Waals surface area contributed by atoms with Crippen LogP contribution >= 0.6 is 0 Å². The van der Waals surface area contributed by atoms with Gasteiger partial charge in [-0.05, 0) is 38.1 Å². The average Bonchev–Trinajstić information content (AvgIpc) is 2.40. The number of nitrogens with two attached hydrogens (primary N) is 1. The highest BCUT2D eigenvalue weighted by Crippen LogP contribution is 2.22. The molecule has 0 unspecified atom stereocenters. The highest BCUT2D eigenvalue weighted by atomic mass is 19.1. The van der Waals surface area contributed by atoms with Crippen LogP contribution in [0.2, 0.25) is 0 Å². The predicted molar refractivity (Wildman–Crippen MR) is 78.7 cm³/mol. The molecule has 0 amide bonds. The maximum Gasteiger partial charge on any atom is 0.130 e. The van der Waals surface area contributed by atoms with Crippen molar-refractivity contribution in [3.05, 3.63) is 59.4 Å². The fourth-order valence-corrected chi connectivity index (χ4v) is 2.07. The Kier molecular flexibility index (Phi) is 4.05. The molecule has 2 nitrogen and oxygen atoms in total. The zero-order valence-corrected chi connectivity index (χ0v) is 11.4. The van der Waals surface area contributed by atoms with E-state index in [9.17, 15) is 4.39 Å². The zero-order chi connectivity index (χ0) is 13.8. The molecule has 0 saturated heterocycles. The lowest BCUT2D eigenvalue weighted by Gasteiger charge is -2.24. The first-order chi connectivity index (χ1) is 9.11. The standard InChI is InChI=1S/C16H19FN2/c1-3-19(13-9-7-12(2)8-10-13)11-14-15(17)5-4-6-16(14)18/h4-10H,3,11,18H2,1-2H3. The topological polar surface area (TPSA) is 29.3 Å². The number of rotatable bonds is 4. The Morgan fingerprint density at radius 2 is 1.79 bits per heavy atom. The highest BCUT2D eigenvalue weighted by Gasteiger charge is 2.11. The van der Waals surface area contributed by atoms with Crippen molar-refractivity contribution in [1.82, 2.24) is 0 Å². The van der Waals surface area contributed by atoms with E-state index < -0.39 is 0 Å². The normalized spacial score (nSPS) is 10.5. The van der Waals surface area contributed by atoms with E-state index in [4.69, 9.17) is 5.73 Å². The second-order valence-corrected chi connectivity index (χ2v) is 4.66. The lowest BCUT2D eigenvalue weighted by molar-refractivity contribution is 0.606. The maximum absolute atomic E-state index is 13.8. The average molecular weight is 258 g/mol. The summed E-state index contributed by atoms with van der Waals surface area (Å²) in [5.74, 6) is -0.245. The van der Waals surface area contributed by atoms with Gasteiger partial charge >= 0.3 is 0 Å². The van der Waals surface area contributed by atoms with E-state index in [1.54, 1.807) is 12.1 Å². The molecule has 3 heteroatoms. The van der Waals surface area contributed by atoms with Crippen molar-refractivity contribution >= 4 is 11.4 Å². The van der Waals surface area contributed by atoms with Crippen molar-refractivity contribution in [2.24, 2.45) is 0 Å². The lowest BCUT2D eigenvalue weighted by Crippen LogP contribution is -2.23. The Labute approximate surface area is 113 Å². The van der Waals surface area contributed by atoms with Crippen LogP contribution in [-0.4, -0.2) is 6.54 Å². The predicted octanol–water partition coefficient (Wildman–Crippen LogP) is 3.74. The van der Waals surface area contributed by atoms with Crippen molar-refractivity contribution in [2.45, 2.75) is 20.4 Å². The van der Waals surface area contributed by atoms with Crippen LogP contribution in [0.15, 0.2) is 42.5 Å². The van der Waals surface area contributed by atoms with Gasteiger partial charge in [0.05, 0.1) is 0 Å². The smallest absolute Gasteiger partial charge is 0.130 e. The van der Waals surface area contributed by atoms with Crippen molar-refractivity contribution in [2.75, 3.05) is 17.2 Å². The molecule has 0 aliphatic carbocycles. The minimum Gasteiger partial charge on any atom is -0.398 e. The Morgan fingerprint density at radius 1 is 1.11 bits per heavy atom. The molecule has 2 N–H and O–H groups in total. The largest absolute Gasteiger partial charge is 0.398 e. The Bertz CT molecular complexity index is 529. The number of halogens is 1. The SMILES string of the molecule is CCN(Cc1c(N)cccc1F)c1ccc(C)cc1. The summed E-state index contributed by atoms with van der Waals surface area (Å²) in [7, 11) is 0. The maximum atomic E-state index is 13.8. The van der Waals surface area contributed by atoms with E-state index in [0.717, 1.165) is 12.2 Å². The van der Waals surface area contributed by atoms with Gasteiger partial charge in [0, 0.05) is 30.0 Å². The lowest BCUT2D eigenvalue weighted by atomic mass is 10.1. The minimum atomic E-state index is -0.245. The molecule has 2 aromatic carbocycles. The van der Waals surface area contributed by atoms with Gasteiger partial charge in [0.2, 0.25) is 0 Å². The van der Waals surface area contributed by atoms with Crippen molar-refractivity contribution < 1.29 is 4.39 Å². The highest BCUT2D eigenvalue weighted by molar-refractivity contribution is 5.53. The van der Waals surface area contributed by atoms with E-state index in [-0.39, 0.29) is 5.82 Å². The van der Waals surface area contributed by atoms with Crippen LogP contribution in [0.1, 0.15) is 18.1 Å². The number of hydrogen-bond acceptors (Lipinski definition) is 2. The molecule has 0 aliphatic heterocycles. The molecule has 0 radical (unpaired) electrons. The van der Waals surface area contributed by atoms with Crippen LogP contribution in [0.25, 0.3) is 0 Å². The van der Waals surface area contributed by atoms with Gasteiger partial charge in [-0.2, -0.15) is 0 Å². The van der Waals surface area contributed by atoms with Crippen molar-refractivity contribution in [3.63, 3.8) is 0 Å². The van der Waals surface area contributed by atoms with Gasteiger partial charge in [-0.3, -0.25) is 0 Å². The summed E-state index contributed by atoms with van der Waals surface area (Å²) in [5.41, 5.74) is 9.22. The second-order valence-electron chi connectivity index (χ2n) is 4.66. The van der Waals surface area contributed by atoms with Gasteiger partial charge in [0.15, 0.2) is 0 Å². The molecule has 2 rings (SSSR count). The summed E-state index contributed by atoms with van der Waals surface area (Å²) in [4.78, 5) is 2.11. The van der Waals surface area contributed by atoms with Gasteiger partial charge in [0.25, 0.3) is 0 Å². The fourth-order valence-electron chi connectivity index (χ4n) is 2.07. The number of hydrogen-bond donors (Lipinski definition) is 1. The van der Waals surface area contributed by atoms with E-state index in [2.05, 4.69) is 43.0 Å². The third-order valence-corrected chi connectivity index (χ3v) is 3.28. The van der Waals surface area contributed by atoms with Crippen LogP contribution in [0.3, 0.4) is 0 Å². The number of nitrogen functional groups attached to an aromatic ring is 1. The summed E-state index contributed by atoms with van der Waals surface area (Å²) in [6, 6.07) is 13.0. The Morgan fingerprint density at radius 3 is 2.37 bits per heavy atom.